The van der Waals surface area contributed by atoms with Gasteiger partial charge in [-0.2, -0.15) is 0 Å². The first-order chi connectivity index (χ1) is 12.5. The maximum Gasteiger partial charge on any atom is 0.519 e. The molecule has 7 nitrogen and oxygen atoms in total. The Morgan fingerprint density at radius 3 is 2.30 bits per heavy atom. The molecule has 3 rings (SSSR count). The molecule has 0 aromatic carbocycles. The Bertz CT molecular complexity index is 623. The first-order valence-corrected chi connectivity index (χ1v) is 8.29. The SMILES string of the molecule is O=C(CNc1cc(N2CCC(F)(F)CC2)ncn1)N1CCC1.OC(F)(F)F. The van der Waals surface area contributed by atoms with Gasteiger partial charge in [-0.05, 0) is 6.42 Å². The largest absolute Gasteiger partial charge is 0.519 e. The summed E-state index contributed by atoms with van der Waals surface area (Å²) in [6, 6.07) is 1.70. The summed E-state index contributed by atoms with van der Waals surface area (Å²) in [5.41, 5.74) is 0. The number of carbonyl (C=O) groups excluding carboxylic acids is 1. The first kappa shape index (κ1) is 21.1. The van der Waals surface area contributed by atoms with Crippen LogP contribution in [0.2, 0.25) is 0 Å². The summed E-state index contributed by atoms with van der Waals surface area (Å²) in [5, 5.41) is 9.49. The van der Waals surface area contributed by atoms with Crippen molar-refractivity contribution in [1.82, 2.24) is 14.9 Å². The molecule has 0 atom stereocenters. The lowest BCUT2D eigenvalue weighted by Crippen LogP contribution is -2.44. The van der Waals surface area contributed by atoms with E-state index in [0.29, 0.717) is 11.6 Å². The number of nitrogens with one attached hydrogen (secondary N) is 1. The Kier molecular flexibility index (Phi) is 6.73. The van der Waals surface area contributed by atoms with Crippen molar-refractivity contribution in [3.63, 3.8) is 0 Å². The number of carbonyl (C=O) groups is 1. The second-order valence-electron chi connectivity index (χ2n) is 6.16. The fourth-order valence-electron chi connectivity index (χ4n) is 2.52. The van der Waals surface area contributed by atoms with Gasteiger partial charge in [-0.15, -0.1) is 13.2 Å². The van der Waals surface area contributed by atoms with Crippen molar-refractivity contribution in [2.75, 3.05) is 42.9 Å². The fraction of sp³-hybridized carbons (Fsp3) is 0.667. The van der Waals surface area contributed by atoms with E-state index in [9.17, 15) is 26.7 Å². The van der Waals surface area contributed by atoms with E-state index < -0.39 is 12.3 Å². The number of halogens is 5. The predicted octanol–water partition coefficient (Wildman–Crippen LogP) is 1.85. The number of amides is 1. The lowest BCUT2D eigenvalue weighted by molar-refractivity contribution is -0.295. The van der Waals surface area contributed by atoms with Gasteiger partial charge in [-0.1, -0.05) is 0 Å². The van der Waals surface area contributed by atoms with Gasteiger partial charge in [0.1, 0.15) is 18.0 Å². The van der Waals surface area contributed by atoms with Crippen molar-refractivity contribution >= 4 is 17.5 Å². The van der Waals surface area contributed by atoms with E-state index in [4.69, 9.17) is 5.11 Å². The Morgan fingerprint density at radius 2 is 1.78 bits per heavy atom. The molecule has 3 heterocycles. The molecule has 1 amide bonds. The molecule has 1 aromatic rings. The van der Waals surface area contributed by atoms with E-state index in [0.717, 1.165) is 19.5 Å². The molecule has 2 fully saturated rings. The van der Waals surface area contributed by atoms with E-state index in [-0.39, 0.29) is 38.4 Å². The van der Waals surface area contributed by atoms with E-state index in [1.165, 1.54) is 6.33 Å². The molecule has 0 unspecified atom stereocenters. The fourth-order valence-corrected chi connectivity index (χ4v) is 2.52. The molecule has 0 radical (unpaired) electrons. The summed E-state index contributed by atoms with van der Waals surface area (Å²) in [7, 11) is 0. The van der Waals surface area contributed by atoms with Crippen molar-refractivity contribution in [3.05, 3.63) is 12.4 Å². The van der Waals surface area contributed by atoms with Crippen LogP contribution in [0.15, 0.2) is 12.4 Å². The number of rotatable bonds is 4. The summed E-state index contributed by atoms with van der Waals surface area (Å²) in [5.74, 6) is -1.38. The average Bonchev–Trinajstić information content (AvgIpc) is 2.50. The maximum atomic E-state index is 13.2. The van der Waals surface area contributed by atoms with Crippen LogP contribution < -0.4 is 10.2 Å². The Morgan fingerprint density at radius 1 is 1.19 bits per heavy atom. The van der Waals surface area contributed by atoms with Crippen molar-refractivity contribution in [2.24, 2.45) is 0 Å². The number of likely N-dealkylation sites (tertiary alicyclic amines) is 1. The lowest BCUT2D eigenvalue weighted by atomic mass is 10.1. The van der Waals surface area contributed by atoms with Crippen LogP contribution in [0.25, 0.3) is 0 Å². The maximum absolute atomic E-state index is 13.2. The third kappa shape index (κ3) is 7.49. The van der Waals surface area contributed by atoms with Gasteiger partial charge >= 0.3 is 6.36 Å². The zero-order chi connectivity index (χ0) is 20.1. The van der Waals surface area contributed by atoms with Crippen LogP contribution in [0, 0.1) is 0 Å². The van der Waals surface area contributed by atoms with Crippen molar-refractivity contribution in [3.8, 4) is 0 Å². The predicted molar refractivity (Wildman–Crippen MR) is 86.4 cm³/mol. The Labute approximate surface area is 152 Å². The van der Waals surface area contributed by atoms with Crippen LogP contribution in [0.3, 0.4) is 0 Å². The standard InChI is InChI=1S/C14H19F2N5O.CHF3O/c15-14(16)2-6-20(7-3-14)12-8-11(18-10-19-12)17-9-13(22)21-4-1-5-21;2-1(3,4)5/h8,10H,1-7,9H2,(H,17,18,19);5H. The number of aromatic nitrogens is 2. The van der Waals surface area contributed by atoms with Crippen molar-refractivity contribution in [2.45, 2.75) is 31.5 Å². The minimum absolute atomic E-state index is 0.0454. The summed E-state index contributed by atoms with van der Waals surface area (Å²) >= 11 is 0. The van der Waals surface area contributed by atoms with Crippen LogP contribution in [0.5, 0.6) is 0 Å². The molecule has 152 valence electrons. The number of alkyl halides is 5. The summed E-state index contributed by atoms with van der Waals surface area (Å²) < 4.78 is 56.1. The third-order valence-electron chi connectivity index (χ3n) is 4.10. The number of hydrogen-bond donors (Lipinski definition) is 2. The van der Waals surface area contributed by atoms with Gasteiger partial charge in [0.2, 0.25) is 5.91 Å². The number of hydrogen-bond acceptors (Lipinski definition) is 6. The second-order valence-corrected chi connectivity index (χ2v) is 6.16. The van der Waals surface area contributed by atoms with Gasteiger partial charge in [0.05, 0.1) is 6.54 Å². The second kappa shape index (κ2) is 8.63. The van der Waals surface area contributed by atoms with Crippen LogP contribution in [-0.4, -0.2) is 70.9 Å². The van der Waals surface area contributed by atoms with Crippen LogP contribution in [0.4, 0.5) is 33.6 Å². The third-order valence-corrected chi connectivity index (χ3v) is 4.10. The van der Waals surface area contributed by atoms with Crippen LogP contribution in [0.1, 0.15) is 19.3 Å². The smallest absolute Gasteiger partial charge is 0.361 e. The molecule has 0 spiro atoms. The topological polar surface area (TPSA) is 81.6 Å². The van der Waals surface area contributed by atoms with Gasteiger partial charge in [0, 0.05) is 45.1 Å². The van der Waals surface area contributed by atoms with Crippen molar-refractivity contribution in [1.29, 1.82) is 0 Å². The van der Waals surface area contributed by atoms with E-state index >= 15 is 0 Å². The van der Waals surface area contributed by atoms with Gasteiger partial charge in [0.15, 0.2) is 0 Å². The molecule has 2 aliphatic rings. The molecule has 2 N–H and O–H groups in total. The molecular weight excluding hydrogens is 377 g/mol. The van der Waals surface area contributed by atoms with Gasteiger partial charge in [-0.25, -0.2) is 18.7 Å². The van der Waals surface area contributed by atoms with E-state index in [1.54, 1.807) is 11.0 Å². The lowest BCUT2D eigenvalue weighted by Gasteiger charge is -2.32. The highest BCUT2D eigenvalue weighted by Crippen LogP contribution is 2.30. The molecule has 0 saturated carbocycles. The number of piperidine rings is 1. The molecule has 27 heavy (non-hydrogen) atoms. The molecule has 0 bridgehead atoms. The van der Waals surface area contributed by atoms with Gasteiger partial charge in [0.25, 0.3) is 5.92 Å². The molecule has 2 aliphatic heterocycles. The molecule has 2 saturated heterocycles. The zero-order valence-electron chi connectivity index (χ0n) is 14.3. The van der Waals surface area contributed by atoms with Crippen molar-refractivity contribution < 1.29 is 31.9 Å². The minimum Gasteiger partial charge on any atom is -0.361 e. The van der Waals surface area contributed by atoms with Crippen LogP contribution in [-0.2, 0) is 4.79 Å². The summed E-state index contributed by atoms with van der Waals surface area (Å²) in [4.78, 5) is 23.6. The highest BCUT2D eigenvalue weighted by atomic mass is 19.4. The molecule has 0 aliphatic carbocycles. The summed E-state index contributed by atoms with van der Waals surface area (Å²) in [6.45, 7) is 2.37. The molecule has 12 heteroatoms. The highest BCUT2D eigenvalue weighted by Gasteiger charge is 2.34. The van der Waals surface area contributed by atoms with Crippen LogP contribution >= 0.6 is 0 Å². The Hall–Kier alpha value is -2.24. The van der Waals surface area contributed by atoms with Gasteiger partial charge < -0.3 is 20.2 Å². The number of anilines is 2. The normalized spacial score (nSPS) is 18.9. The highest BCUT2D eigenvalue weighted by molar-refractivity contribution is 5.81. The Balaban J connectivity index is 0.000000465. The molecule has 1 aromatic heterocycles. The first-order valence-electron chi connectivity index (χ1n) is 8.29. The summed E-state index contributed by atoms with van der Waals surface area (Å²) in [6.07, 6.45) is -2.87. The van der Waals surface area contributed by atoms with Gasteiger partial charge in [-0.3, -0.25) is 4.79 Å². The molecular formula is C15H20F5N5O2. The zero-order valence-corrected chi connectivity index (χ0v) is 14.3. The average molecular weight is 397 g/mol. The quantitative estimate of drug-likeness (QED) is 0.755. The van der Waals surface area contributed by atoms with E-state index in [2.05, 4.69) is 15.3 Å². The number of nitrogens with zero attached hydrogens (tertiary/aromatic N) is 4. The minimum atomic E-state index is -5.00. The van der Waals surface area contributed by atoms with E-state index in [1.807, 2.05) is 4.90 Å². The monoisotopic (exact) mass is 397 g/mol. The number of aliphatic hydroxyl groups is 1.